The number of hydrogen-bond acceptors (Lipinski definition) is 5. The van der Waals surface area contributed by atoms with E-state index in [4.69, 9.17) is 16.7 Å². The van der Waals surface area contributed by atoms with Gasteiger partial charge in [-0.15, -0.1) is 10.2 Å². The SMILES string of the molecule is O=C(O)CCN(Cc1ccccc1Cl)c1nncs1. The molecular formula is C12H12ClN3O2S. The quantitative estimate of drug-likeness (QED) is 0.888. The van der Waals surface area contributed by atoms with Crippen molar-refractivity contribution in [3.8, 4) is 0 Å². The highest BCUT2D eigenvalue weighted by atomic mass is 35.5. The maximum absolute atomic E-state index is 10.7. The van der Waals surface area contributed by atoms with Crippen molar-refractivity contribution < 1.29 is 9.90 Å². The van der Waals surface area contributed by atoms with Gasteiger partial charge < -0.3 is 10.0 Å². The first-order valence-corrected chi connectivity index (χ1v) is 6.89. The van der Waals surface area contributed by atoms with Crippen LogP contribution in [-0.2, 0) is 11.3 Å². The van der Waals surface area contributed by atoms with Crippen LogP contribution < -0.4 is 4.90 Å². The summed E-state index contributed by atoms with van der Waals surface area (Å²) in [5, 5.41) is 17.9. The number of carboxylic acid groups (broad SMARTS) is 1. The number of aromatic nitrogens is 2. The highest BCUT2D eigenvalue weighted by molar-refractivity contribution is 7.13. The average molecular weight is 298 g/mol. The Morgan fingerprint density at radius 1 is 1.42 bits per heavy atom. The standard InChI is InChI=1S/C12H12ClN3O2S/c13-10-4-2-1-3-9(10)7-16(6-5-11(17)18)12-15-14-8-19-12/h1-4,8H,5-7H2,(H,17,18). The van der Waals surface area contributed by atoms with Crippen molar-refractivity contribution in [3.05, 3.63) is 40.4 Å². The van der Waals surface area contributed by atoms with Gasteiger partial charge in [-0.2, -0.15) is 0 Å². The van der Waals surface area contributed by atoms with Crippen molar-refractivity contribution in [1.82, 2.24) is 10.2 Å². The van der Waals surface area contributed by atoms with Crippen LogP contribution in [0.5, 0.6) is 0 Å². The maximum Gasteiger partial charge on any atom is 0.305 e. The van der Waals surface area contributed by atoms with Crippen molar-refractivity contribution in [2.24, 2.45) is 0 Å². The second-order valence-corrected chi connectivity index (χ2v) is 5.10. The van der Waals surface area contributed by atoms with Gasteiger partial charge in [0.05, 0.1) is 6.42 Å². The van der Waals surface area contributed by atoms with Crippen LogP contribution in [0.4, 0.5) is 5.13 Å². The smallest absolute Gasteiger partial charge is 0.305 e. The summed E-state index contributed by atoms with van der Waals surface area (Å²) in [6, 6.07) is 7.48. The molecule has 0 saturated heterocycles. The molecule has 1 aromatic carbocycles. The fourth-order valence-corrected chi connectivity index (χ4v) is 2.39. The highest BCUT2D eigenvalue weighted by Gasteiger charge is 2.13. The summed E-state index contributed by atoms with van der Waals surface area (Å²) >= 11 is 7.49. The van der Waals surface area contributed by atoms with Crippen LogP contribution >= 0.6 is 22.9 Å². The average Bonchev–Trinajstić information content (AvgIpc) is 2.90. The molecule has 0 spiro atoms. The molecule has 19 heavy (non-hydrogen) atoms. The minimum absolute atomic E-state index is 0.0457. The summed E-state index contributed by atoms with van der Waals surface area (Å²) < 4.78 is 0. The van der Waals surface area contributed by atoms with Crippen molar-refractivity contribution in [2.75, 3.05) is 11.4 Å². The van der Waals surface area contributed by atoms with E-state index in [0.717, 1.165) is 5.56 Å². The van der Waals surface area contributed by atoms with E-state index in [1.165, 1.54) is 11.3 Å². The van der Waals surface area contributed by atoms with Gasteiger partial charge in [0.15, 0.2) is 0 Å². The summed E-state index contributed by atoms with van der Waals surface area (Å²) in [6.45, 7) is 0.887. The van der Waals surface area contributed by atoms with E-state index in [9.17, 15) is 4.79 Å². The number of nitrogens with zero attached hydrogens (tertiary/aromatic N) is 3. The molecule has 2 rings (SSSR count). The lowest BCUT2D eigenvalue weighted by molar-refractivity contribution is -0.136. The van der Waals surface area contributed by atoms with E-state index < -0.39 is 5.97 Å². The van der Waals surface area contributed by atoms with Gasteiger partial charge in [0, 0.05) is 18.1 Å². The van der Waals surface area contributed by atoms with Gasteiger partial charge in [-0.25, -0.2) is 0 Å². The van der Waals surface area contributed by atoms with Gasteiger partial charge in [-0.05, 0) is 11.6 Å². The second kappa shape index (κ2) is 6.49. The zero-order valence-corrected chi connectivity index (χ0v) is 11.6. The zero-order chi connectivity index (χ0) is 13.7. The first kappa shape index (κ1) is 13.8. The molecule has 0 saturated carbocycles. The van der Waals surface area contributed by atoms with E-state index in [1.807, 2.05) is 29.2 Å². The van der Waals surface area contributed by atoms with Crippen molar-refractivity contribution in [3.63, 3.8) is 0 Å². The summed E-state index contributed by atoms with van der Waals surface area (Å²) in [5.74, 6) is -0.839. The van der Waals surface area contributed by atoms with Crippen molar-refractivity contribution in [2.45, 2.75) is 13.0 Å². The third-order valence-electron chi connectivity index (χ3n) is 2.53. The summed E-state index contributed by atoms with van der Waals surface area (Å²) in [7, 11) is 0. The van der Waals surface area contributed by atoms with Crippen LogP contribution in [0.2, 0.25) is 5.02 Å². The molecule has 0 aliphatic heterocycles. The molecule has 7 heteroatoms. The molecule has 0 fully saturated rings. The Morgan fingerprint density at radius 3 is 2.84 bits per heavy atom. The minimum Gasteiger partial charge on any atom is -0.481 e. The van der Waals surface area contributed by atoms with Gasteiger partial charge in [0.1, 0.15) is 5.51 Å². The molecule has 1 N–H and O–H groups in total. The first-order chi connectivity index (χ1) is 9.16. The Morgan fingerprint density at radius 2 is 2.21 bits per heavy atom. The molecule has 0 aliphatic carbocycles. The molecule has 100 valence electrons. The van der Waals surface area contributed by atoms with Crippen molar-refractivity contribution >= 4 is 34.0 Å². The molecule has 0 unspecified atom stereocenters. The molecular weight excluding hydrogens is 286 g/mol. The zero-order valence-electron chi connectivity index (χ0n) is 9.99. The Kier molecular flexibility index (Phi) is 4.70. The summed E-state index contributed by atoms with van der Waals surface area (Å²) in [4.78, 5) is 12.6. The molecule has 0 aliphatic rings. The van der Waals surface area contributed by atoms with E-state index in [2.05, 4.69) is 10.2 Å². The molecule has 1 aromatic heterocycles. The predicted molar refractivity (Wildman–Crippen MR) is 74.7 cm³/mol. The van der Waals surface area contributed by atoms with Crippen LogP contribution in [0.1, 0.15) is 12.0 Å². The van der Waals surface area contributed by atoms with Gasteiger partial charge in [-0.3, -0.25) is 4.79 Å². The predicted octanol–water partition coefficient (Wildman–Crippen LogP) is 2.67. The fourth-order valence-electron chi connectivity index (χ4n) is 1.61. The lowest BCUT2D eigenvalue weighted by Gasteiger charge is -2.21. The molecule has 0 radical (unpaired) electrons. The summed E-state index contributed by atoms with van der Waals surface area (Å²) in [5.41, 5.74) is 2.56. The van der Waals surface area contributed by atoms with Gasteiger partial charge >= 0.3 is 5.97 Å². The lowest BCUT2D eigenvalue weighted by Crippen LogP contribution is -2.25. The number of anilines is 1. The van der Waals surface area contributed by atoms with Gasteiger partial charge in [0.25, 0.3) is 0 Å². The Bertz CT molecular complexity index is 548. The molecule has 0 bridgehead atoms. The number of hydrogen-bond donors (Lipinski definition) is 1. The van der Waals surface area contributed by atoms with Crippen molar-refractivity contribution in [1.29, 1.82) is 0 Å². The van der Waals surface area contributed by atoms with Crippen LogP contribution in [0, 0.1) is 0 Å². The number of carbonyl (C=O) groups is 1. The lowest BCUT2D eigenvalue weighted by atomic mass is 10.2. The van der Waals surface area contributed by atoms with Crippen LogP contribution in [0.25, 0.3) is 0 Å². The normalized spacial score (nSPS) is 10.4. The fraction of sp³-hybridized carbons (Fsp3) is 0.250. The third kappa shape index (κ3) is 3.90. The monoisotopic (exact) mass is 297 g/mol. The molecule has 2 aromatic rings. The third-order valence-corrected chi connectivity index (χ3v) is 3.65. The molecule has 0 atom stereocenters. The first-order valence-electron chi connectivity index (χ1n) is 5.63. The topological polar surface area (TPSA) is 66.3 Å². The molecule has 0 amide bonds. The largest absolute Gasteiger partial charge is 0.481 e. The summed E-state index contributed by atoms with van der Waals surface area (Å²) in [6.07, 6.45) is 0.0457. The Balaban J connectivity index is 2.14. The van der Waals surface area contributed by atoms with E-state index >= 15 is 0 Å². The number of benzene rings is 1. The van der Waals surface area contributed by atoms with E-state index in [-0.39, 0.29) is 6.42 Å². The number of carboxylic acids is 1. The number of aliphatic carboxylic acids is 1. The van der Waals surface area contributed by atoms with Gasteiger partial charge in [-0.1, -0.05) is 41.1 Å². The van der Waals surface area contributed by atoms with Crippen LogP contribution in [-0.4, -0.2) is 27.8 Å². The van der Waals surface area contributed by atoms with Crippen LogP contribution in [0.3, 0.4) is 0 Å². The van der Waals surface area contributed by atoms with E-state index in [0.29, 0.717) is 23.2 Å². The molecule has 5 nitrogen and oxygen atoms in total. The number of rotatable bonds is 6. The minimum atomic E-state index is -0.839. The Hall–Kier alpha value is -1.66. The maximum atomic E-state index is 10.7. The molecule has 1 heterocycles. The second-order valence-electron chi connectivity index (χ2n) is 3.88. The van der Waals surface area contributed by atoms with Gasteiger partial charge in [0.2, 0.25) is 5.13 Å². The Labute approximate surface area is 119 Å². The highest BCUT2D eigenvalue weighted by Crippen LogP contribution is 2.22. The number of halogens is 1. The van der Waals surface area contributed by atoms with Crippen LogP contribution in [0.15, 0.2) is 29.8 Å². The van der Waals surface area contributed by atoms with E-state index in [1.54, 1.807) is 5.51 Å².